The molecular formula is C23H35N3O3. The van der Waals surface area contributed by atoms with Crippen molar-refractivity contribution >= 4 is 11.8 Å². The fraction of sp³-hybridized carbons (Fsp3) is 0.696. The summed E-state index contributed by atoms with van der Waals surface area (Å²) < 4.78 is 5.18. The van der Waals surface area contributed by atoms with Crippen molar-refractivity contribution in [2.75, 3.05) is 50.8 Å². The summed E-state index contributed by atoms with van der Waals surface area (Å²) >= 11 is 0. The highest BCUT2D eigenvalue weighted by Gasteiger charge is 2.51. The van der Waals surface area contributed by atoms with Crippen molar-refractivity contribution < 1.29 is 14.6 Å². The molecule has 1 N–H and O–H groups in total. The summed E-state index contributed by atoms with van der Waals surface area (Å²) in [7, 11) is 0. The van der Waals surface area contributed by atoms with Gasteiger partial charge in [-0.25, -0.2) is 4.79 Å². The number of para-hydroxylation sites is 1. The number of rotatable bonds is 6. The number of nitrogens with zero attached hydrogens (tertiary/aromatic N) is 3. The van der Waals surface area contributed by atoms with E-state index in [-0.39, 0.29) is 12.7 Å². The van der Waals surface area contributed by atoms with Crippen LogP contribution in [0.2, 0.25) is 0 Å². The number of hydrogen-bond acceptors (Lipinski definition) is 5. The molecule has 1 aliphatic carbocycles. The zero-order valence-electron chi connectivity index (χ0n) is 17.6. The minimum Gasteiger partial charge on any atom is -0.450 e. The Labute approximate surface area is 174 Å². The number of ether oxygens (including phenoxy) is 1. The third kappa shape index (κ3) is 4.38. The van der Waals surface area contributed by atoms with Crippen molar-refractivity contribution in [3.63, 3.8) is 0 Å². The zero-order valence-corrected chi connectivity index (χ0v) is 17.6. The molecule has 1 amide bonds. The number of anilines is 1. The van der Waals surface area contributed by atoms with Crippen LogP contribution in [0.4, 0.5) is 10.5 Å². The Hall–Kier alpha value is -1.79. The predicted octanol–water partition coefficient (Wildman–Crippen LogP) is 2.96. The lowest BCUT2D eigenvalue weighted by Gasteiger charge is -2.52. The van der Waals surface area contributed by atoms with Crippen molar-refractivity contribution in [2.45, 2.75) is 51.1 Å². The first kappa shape index (κ1) is 20.5. The number of carbonyl (C=O) groups is 1. The average Bonchev–Trinajstić information content (AvgIpc) is 3.18. The van der Waals surface area contributed by atoms with E-state index in [4.69, 9.17) is 4.74 Å². The standard InChI is InChI=1S/C23H35N3O3/c1-2-29-22(28)25-13-10-23(18-25)16-21(17-23)24-11-8-20(9-12-24)26(14-15-27)19-6-4-3-5-7-19/h3-7,20-21,27H,2,8-18H2,1H3. The van der Waals surface area contributed by atoms with E-state index in [2.05, 4.69) is 34.1 Å². The third-order valence-electron chi connectivity index (χ3n) is 7.19. The van der Waals surface area contributed by atoms with Crippen LogP contribution >= 0.6 is 0 Å². The Morgan fingerprint density at radius 3 is 2.59 bits per heavy atom. The van der Waals surface area contributed by atoms with Gasteiger partial charge in [-0.2, -0.15) is 0 Å². The summed E-state index contributed by atoms with van der Waals surface area (Å²) in [6.07, 6.45) is 5.70. The maximum Gasteiger partial charge on any atom is 0.409 e. The summed E-state index contributed by atoms with van der Waals surface area (Å²) in [5.41, 5.74) is 1.55. The molecule has 29 heavy (non-hydrogen) atoms. The van der Waals surface area contributed by atoms with Crippen molar-refractivity contribution in [1.29, 1.82) is 0 Å². The molecule has 6 heteroatoms. The fourth-order valence-corrected chi connectivity index (χ4v) is 5.65. The van der Waals surface area contributed by atoms with E-state index in [9.17, 15) is 9.90 Å². The van der Waals surface area contributed by atoms with Crippen LogP contribution in [0.1, 0.15) is 39.0 Å². The number of piperidine rings is 1. The largest absolute Gasteiger partial charge is 0.450 e. The number of aliphatic hydroxyl groups is 1. The van der Waals surface area contributed by atoms with Crippen LogP contribution in [-0.4, -0.2) is 79.0 Å². The van der Waals surface area contributed by atoms with Crippen molar-refractivity contribution in [1.82, 2.24) is 9.80 Å². The molecule has 2 heterocycles. The monoisotopic (exact) mass is 401 g/mol. The highest BCUT2D eigenvalue weighted by Crippen LogP contribution is 2.50. The topological polar surface area (TPSA) is 56.2 Å². The lowest BCUT2D eigenvalue weighted by molar-refractivity contribution is -0.00482. The normalized spacial score (nSPS) is 27.8. The fourth-order valence-electron chi connectivity index (χ4n) is 5.65. The molecule has 4 rings (SSSR count). The summed E-state index contributed by atoms with van der Waals surface area (Å²) in [6, 6.07) is 11.7. The van der Waals surface area contributed by atoms with Gasteiger partial charge in [0.2, 0.25) is 0 Å². The molecule has 2 aliphatic heterocycles. The molecule has 0 radical (unpaired) electrons. The van der Waals surface area contributed by atoms with Crippen LogP contribution in [0, 0.1) is 5.41 Å². The van der Waals surface area contributed by atoms with Crippen molar-refractivity contribution in [2.24, 2.45) is 5.41 Å². The van der Waals surface area contributed by atoms with Crippen LogP contribution in [0.3, 0.4) is 0 Å². The maximum absolute atomic E-state index is 12.0. The van der Waals surface area contributed by atoms with E-state index in [0.717, 1.165) is 45.4 Å². The first-order valence-electron chi connectivity index (χ1n) is 11.2. The number of hydrogen-bond donors (Lipinski definition) is 1. The molecular weight excluding hydrogens is 366 g/mol. The van der Waals surface area contributed by atoms with Gasteiger partial charge in [0.15, 0.2) is 0 Å². The van der Waals surface area contributed by atoms with Gasteiger partial charge in [0, 0.05) is 50.5 Å². The van der Waals surface area contributed by atoms with E-state index in [0.29, 0.717) is 30.7 Å². The second-order valence-corrected chi connectivity index (χ2v) is 8.95. The molecule has 0 bridgehead atoms. The molecule has 0 atom stereocenters. The van der Waals surface area contributed by atoms with E-state index in [1.165, 1.54) is 18.5 Å². The zero-order chi connectivity index (χ0) is 20.3. The Morgan fingerprint density at radius 2 is 1.93 bits per heavy atom. The molecule has 160 valence electrons. The van der Waals surface area contributed by atoms with Gasteiger partial charge < -0.3 is 24.5 Å². The number of benzene rings is 1. The molecule has 1 spiro atoms. The first-order valence-corrected chi connectivity index (χ1v) is 11.2. The lowest BCUT2D eigenvalue weighted by Crippen LogP contribution is -2.56. The summed E-state index contributed by atoms with van der Waals surface area (Å²) in [6.45, 7) is 7.19. The maximum atomic E-state index is 12.0. The number of likely N-dealkylation sites (tertiary alicyclic amines) is 2. The van der Waals surface area contributed by atoms with Gasteiger partial charge in [0.25, 0.3) is 0 Å². The van der Waals surface area contributed by atoms with Crippen molar-refractivity contribution in [3.05, 3.63) is 30.3 Å². The summed E-state index contributed by atoms with van der Waals surface area (Å²) in [5.74, 6) is 0. The second kappa shape index (κ2) is 8.92. The van der Waals surface area contributed by atoms with E-state index >= 15 is 0 Å². The minimum absolute atomic E-state index is 0.140. The van der Waals surface area contributed by atoms with Gasteiger partial charge in [-0.05, 0) is 56.6 Å². The Morgan fingerprint density at radius 1 is 1.21 bits per heavy atom. The first-order chi connectivity index (χ1) is 14.1. The molecule has 3 aliphatic rings. The minimum atomic E-state index is -0.140. The van der Waals surface area contributed by atoms with Gasteiger partial charge in [-0.1, -0.05) is 18.2 Å². The Kier molecular flexibility index (Phi) is 6.30. The molecule has 0 unspecified atom stereocenters. The average molecular weight is 402 g/mol. The van der Waals surface area contributed by atoms with Crippen LogP contribution < -0.4 is 4.90 Å². The van der Waals surface area contributed by atoms with E-state index in [1.54, 1.807) is 0 Å². The number of aliphatic hydroxyl groups excluding tert-OH is 1. The summed E-state index contributed by atoms with van der Waals surface area (Å²) in [4.78, 5) is 18.9. The van der Waals surface area contributed by atoms with Gasteiger partial charge in [0.05, 0.1) is 13.2 Å². The highest BCUT2D eigenvalue weighted by atomic mass is 16.6. The van der Waals surface area contributed by atoms with Crippen LogP contribution in [-0.2, 0) is 4.74 Å². The van der Waals surface area contributed by atoms with E-state index < -0.39 is 0 Å². The van der Waals surface area contributed by atoms with Crippen LogP contribution in [0.15, 0.2) is 30.3 Å². The number of carbonyl (C=O) groups excluding carboxylic acids is 1. The van der Waals surface area contributed by atoms with Crippen LogP contribution in [0.5, 0.6) is 0 Å². The molecule has 1 saturated carbocycles. The molecule has 3 fully saturated rings. The smallest absolute Gasteiger partial charge is 0.409 e. The lowest BCUT2D eigenvalue weighted by atomic mass is 9.64. The molecule has 0 aromatic heterocycles. The molecule has 6 nitrogen and oxygen atoms in total. The van der Waals surface area contributed by atoms with E-state index in [1.807, 2.05) is 17.9 Å². The van der Waals surface area contributed by atoms with Gasteiger partial charge in [0.1, 0.15) is 0 Å². The SMILES string of the molecule is CCOC(=O)N1CCC2(CC(N3CCC(N(CCO)c4ccccc4)CC3)C2)C1. The Bertz CT molecular complexity index is 669. The third-order valence-corrected chi connectivity index (χ3v) is 7.19. The van der Waals surface area contributed by atoms with Gasteiger partial charge >= 0.3 is 6.09 Å². The van der Waals surface area contributed by atoms with Gasteiger partial charge in [-0.3, -0.25) is 0 Å². The van der Waals surface area contributed by atoms with Crippen molar-refractivity contribution in [3.8, 4) is 0 Å². The predicted molar refractivity (Wildman–Crippen MR) is 114 cm³/mol. The Balaban J connectivity index is 1.26. The molecule has 1 aromatic rings. The second-order valence-electron chi connectivity index (χ2n) is 8.95. The van der Waals surface area contributed by atoms with Crippen LogP contribution in [0.25, 0.3) is 0 Å². The summed E-state index contributed by atoms with van der Waals surface area (Å²) in [5, 5.41) is 9.54. The quantitative estimate of drug-likeness (QED) is 0.794. The molecule has 2 saturated heterocycles. The molecule has 1 aromatic carbocycles. The number of amides is 1. The van der Waals surface area contributed by atoms with Gasteiger partial charge in [-0.15, -0.1) is 0 Å². The highest BCUT2D eigenvalue weighted by molar-refractivity contribution is 5.68.